The number of nitrogens with zero attached hydrogens (tertiary/aromatic N) is 3. The minimum absolute atomic E-state index is 0.233. The molecular formula is C21H26N6O2S. The molecule has 3 rings (SSSR count). The van der Waals surface area contributed by atoms with Crippen molar-refractivity contribution in [1.82, 2.24) is 24.9 Å². The molecule has 3 N–H and O–H groups in total. The summed E-state index contributed by atoms with van der Waals surface area (Å²) in [4.78, 5) is 14.3. The van der Waals surface area contributed by atoms with Crippen molar-refractivity contribution in [1.29, 1.82) is 0 Å². The Morgan fingerprint density at radius 3 is 2.63 bits per heavy atom. The third-order valence-corrected chi connectivity index (χ3v) is 6.01. The predicted octanol–water partition coefficient (Wildman–Crippen LogP) is 2.19. The zero-order valence-electron chi connectivity index (χ0n) is 17.3. The molecule has 158 valence electrons. The van der Waals surface area contributed by atoms with Crippen molar-refractivity contribution in [3.63, 3.8) is 0 Å². The highest BCUT2D eigenvalue weighted by atomic mass is 32.2. The van der Waals surface area contributed by atoms with Crippen molar-refractivity contribution in [3.8, 4) is 11.3 Å². The lowest BCUT2D eigenvalue weighted by atomic mass is 10.2. The number of aromatic amines is 1. The predicted molar refractivity (Wildman–Crippen MR) is 118 cm³/mol. The van der Waals surface area contributed by atoms with Gasteiger partial charge in [-0.25, -0.2) is 18.1 Å². The normalized spacial score (nSPS) is 12.0. The minimum Gasteiger partial charge on any atom is -0.352 e. The third-order valence-electron chi connectivity index (χ3n) is 4.60. The molecule has 0 aliphatic heterocycles. The van der Waals surface area contributed by atoms with Gasteiger partial charge in [0.25, 0.3) is 0 Å². The van der Waals surface area contributed by atoms with Gasteiger partial charge in [0.2, 0.25) is 10.0 Å². The second-order valence-corrected chi connectivity index (χ2v) is 8.61. The van der Waals surface area contributed by atoms with E-state index in [2.05, 4.69) is 25.0 Å². The molecule has 0 radical (unpaired) electrons. The lowest BCUT2D eigenvalue weighted by Crippen LogP contribution is -2.38. The van der Waals surface area contributed by atoms with E-state index in [1.54, 1.807) is 25.2 Å². The molecule has 0 amide bonds. The monoisotopic (exact) mass is 426 g/mol. The van der Waals surface area contributed by atoms with Crippen LogP contribution in [-0.4, -0.2) is 50.4 Å². The summed E-state index contributed by atoms with van der Waals surface area (Å²) in [6, 6.07) is 16.8. The molecule has 0 spiro atoms. The smallest absolute Gasteiger partial charge is 0.240 e. The molecule has 1 aromatic heterocycles. The van der Waals surface area contributed by atoms with Gasteiger partial charge in [0.1, 0.15) is 5.82 Å². The first kappa shape index (κ1) is 21.5. The van der Waals surface area contributed by atoms with Crippen LogP contribution in [0.1, 0.15) is 11.4 Å². The quantitative estimate of drug-likeness (QED) is 0.397. The summed E-state index contributed by atoms with van der Waals surface area (Å²) >= 11 is 0. The summed E-state index contributed by atoms with van der Waals surface area (Å²) < 4.78 is 26.3. The summed E-state index contributed by atoms with van der Waals surface area (Å²) in [6.45, 7) is 0.984. The van der Waals surface area contributed by atoms with Gasteiger partial charge in [-0.2, -0.15) is 0 Å². The molecule has 1 heterocycles. The van der Waals surface area contributed by atoms with E-state index in [0.717, 1.165) is 22.6 Å². The molecule has 9 heteroatoms. The molecule has 30 heavy (non-hydrogen) atoms. The minimum atomic E-state index is -3.47. The molecule has 0 atom stereocenters. The van der Waals surface area contributed by atoms with Gasteiger partial charge in [0.15, 0.2) is 5.96 Å². The Bertz CT molecular complexity index is 1110. The Morgan fingerprint density at radius 1 is 1.17 bits per heavy atom. The van der Waals surface area contributed by atoms with E-state index in [1.165, 1.54) is 7.05 Å². The Morgan fingerprint density at radius 2 is 1.93 bits per heavy atom. The third kappa shape index (κ3) is 5.25. The van der Waals surface area contributed by atoms with Gasteiger partial charge in [-0.3, -0.25) is 4.99 Å². The fourth-order valence-corrected chi connectivity index (χ4v) is 3.81. The van der Waals surface area contributed by atoms with E-state index < -0.39 is 10.0 Å². The number of aliphatic imine (C=N–C) groups is 1. The second kappa shape index (κ2) is 9.55. The van der Waals surface area contributed by atoms with Crippen molar-refractivity contribution in [2.24, 2.45) is 4.99 Å². The van der Waals surface area contributed by atoms with Crippen LogP contribution in [0.25, 0.3) is 11.3 Å². The van der Waals surface area contributed by atoms with Crippen LogP contribution < -0.4 is 10.0 Å². The van der Waals surface area contributed by atoms with Crippen LogP contribution >= 0.6 is 0 Å². The van der Waals surface area contributed by atoms with Crippen LogP contribution in [0.15, 0.2) is 70.7 Å². The van der Waals surface area contributed by atoms with Crippen LogP contribution in [0.2, 0.25) is 0 Å². The number of aromatic nitrogens is 2. The van der Waals surface area contributed by atoms with E-state index in [9.17, 15) is 8.42 Å². The van der Waals surface area contributed by atoms with Crippen LogP contribution in [-0.2, 0) is 23.1 Å². The van der Waals surface area contributed by atoms with Gasteiger partial charge in [-0.1, -0.05) is 42.5 Å². The molecule has 3 aromatic rings. The number of hydrogen-bond donors (Lipinski definition) is 3. The number of guanidine groups is 1. The van der Waals surface area contributed by atoms with Gasteiger partial charge >= 0.3 is 0 Å². The Kier molecular flexibility index (Phi) is 6.86. The maximum atomic E-state index is 12.0. The lowest BCUT2D eigenvalue weighted by Gasteiger charge is -2.21. The van der Waals surface area contributed by atoms with Gasteiger partial charge in [0, 0.05) is 20.6 Å². The van der Waals surface area contributed by atoms with Gasteiger partial charge in [-0.05, 0) is 30.3 Å². The number of sulfonamides is 1. The van der Waals surface area contributed by atoms with Crippen LogP contribution in [0.5, 0.6) is 0 Å². The van der Waals surface area contributed by atoms with Gasteiger partial charge in [0.05, 0.1) is 23.3 Å². The van der Waals surface area contributed by atoms with Gasteiger partial charge in [-0.15, -0.1) is 0 Å². The number of nitrogens with one attached hydrogen (secondary N) is 3. The fraction of sp³-hybridized carbons (Fsp3) is 0.238. The number of hydrogen-bond acceptors (Lipinski definition) is 4. The molecule has 0 aliphatic rings. The van der Waals surface area contributed by atoms with E-state index in [0.29, 0.717) is 19.0 Å². The SMILES string of the molecule is CN=C(NCc1cccc(S(=O)(=O)NC)c1)N(C)Cc1ncc(-c2ccccc2)[nH]1. The molecule has 0 bridgehead atoms. The van der Waals surface area contributed by atoms with Crippen molar-refractivity contribution in [2.75, 3.05) is 21.1 Å². The Balaban J connectivity index is 1.63. The van der Waals surface area contributed by atoms with Crippen molar-refractivity contribution < 1.29 is 8.42 Å². The standard InChI is InChI=1S/C21H26N6O2S/c1-22-21(25-13-16-8-7-11-18(12-16)30(28,29)23-2)27(3)15-20-24-14-19(26-20)17-9-5-4-6-10-17/h4-12,14,23H,13,15H2,1-3H3,(H,22,25)(H,24,26). The maximum absolute atomic E-state index is 12.0. The average molecular weight is 427 g/mol. The molecule has 0 fully saturated rings. The van der Waals surface area contributed by atoms with Crippen LogP contribution in [0.4, 0.5) is 0 Å². The Labute approximate surface area is 177 Å². The summed E-state index contributed by atoms with van der Waals surface area (Å²) in [5.74, 6) is 1.50. The topological polar surface area (TPSA) is 102 Å². The zero-order chi connectivity index (χ0) is 21.6. The first-order valence-corrected chi connectivity index (χ1v) is 10.9. The van der Waals surface area contributed by atoms with Crippen LogP contribution in [0, 0.1) is 0 Å². The van der Waals surface area contributed by atoms with Crippen molar-refractivity contribution >= 4 is 16.0 Å². The lowest BCUT2D eigenvalue weighted by molar-refractivity contribution is 0.464. The molecule has 0 aliphatic carbocycles. The highest BCUT2D eigenvalue weighted by Gasteiger charge is 2.13. The summed E-state index contributed by atoms with van der Waals surface area (Å²) in [5.41, 5.74) is 2.88. The highest BCUT2D eigenvalue weighted by molar-refractivity contribution is 7.89. The Hall–Kier alpha value is -3.17. The van der Waals surface area contributed by atoms with E-state index in [4.69, 9.17) is 0 Å². The summed E-state index contributed by atoms with van der Waals surface area (Å²) in [5, 5.41) is 3.26. The summed E-state index contributed by atoms with van der Waals surface area (Å²) in [6.07, 6.45) is 1.82. The molecule has 0 unspecified atom stereocenters. The molecular weight excluding hydrogens is 400 g/mol. The number of imidazole rings is 1. The molecule has 0 saturated carbocycles. The molecule has 0 saturated heterocycles. The zero-order valence-corrected chi connectivity index (χ0v) is 18.1. The maximum Gasteiger partial charge on any atom is 0.240 e. The average Bonchev–Trinajstić information content (AvgIpc) is 3.23. The van der Waals surface area contributed by atoms with Crippen LogP contribution in [0.3, 0.4) is 0 Å². The molecule has 2 aromatic carbocycles. The van der Waals surface area contributed by atoms with E-state index in [-0.39, 0.29) is 4.90 Å². The van der Waals surface area contributed by atoms with E-state index >= 15 is 0 Å². The first-order chi connectivity index (χ1) is 14.4. The van der Waals surface area contributed by atoms with E-state index in [1.807, 2.05) is 54.5 Å². The fourth-order valence-electron chi connectivity index (χ4n) is 3.01. The second-order valence-electron chi connectivity index (χ2n) is 6.72. The highest BCUT2D eigenvalue weighted by Crippen LogP contribution is 2.16. The summed E-state index contributed by atoms with van der Waals surface area (Å²) in [7, 11) is 1.55. The van der Waals surface area contributed by atoms with Crippen molar-refractivity contribution in [3.05, 3.63) is 72.2 Å². The number of H-pyrrole nitrogens is 1. The van der Waals surface area contributed by atoms with Gasteiger partial charge < -0.3 is 15.2 Å². The number of benzene rings is 2. The first-order valence-electron chi connectivity index (χ1n) is 9.46. The largest absolute Gasteiger partial charge is 0.352 e. The molecule has 8 nitrogen and oxygen atoms in total. The number of rotatable bonds is 7. The van der Waals surface area contributed by atoms with Crippen molar-refractivity contribution in [2.45, 2.75) is 18.0 Å².